The minimum Gasteiger partial charge on any atom is -0.248 e. The molecule has 0 saturated carbocycles. The van der Waals surface area contributed by atoms with Crippen molar-refractivity contribution >= 4 is 12.4 Å². The Hall–Kier alpha value is -0.980. The first-order chi connectivity index (χ1) is 5.11. The van der Waals surface area contributed by atoms with Crippen LogP contribution in [-0.4, -0.2) is 9.55 Å². The van der Waals surface area contributed by atoms with Crippen LogP contribution in [0.3, 0.4) is 0 Å². The summed E-state index contributed by atoms with van der Waals surface area (Å²) in [5.74, 6) is 0. The molecule has 0 aliphatic rings. The molecule has 0 bridgehead atoms. The van der Waals surface area contributed by atoms with Crippen LogP contribution < -0.4 is 0 Å². The van der Waals surface area contributed by atoms with E-state index in [1.165, 1.54) is 0 Å². The number of hydrogen-bond donors (Lipinski definition) is 1. The zero-order chi connectivity index (χ0) is 8.91. The number of nitrogens with zero attached hydrogens (tertiary/aromatic N) is 2. The third-order valence-electron chi connectivity index (χ3n) is 0.797. The highest BCUT2D eigenvalue weighted by Crippen LogP contribution is 2.20. The molecule has 0 saturated heterocycles. The van der Waals surface area contributed by atoms with Gasteiger partial charge in [-0.3, -0.25) is 0 Å². The number of alkyl halides is 3. The van der Waals surface area contributed by atoms with Crippen LogP contribution in [0.1, 0.15) is 0 Å². The Kier molecular flexibility index (Phi) is 3.66. The molecular formula is C4H4F3N3S. The second-order valence-corrected chi connectivity index (χ2v) is 1.44. The van der Waals surface area contributed by atoms with Gasteiger partial charge in [-0.25, -0.2) is 14.3 Å². The summed E-state index contributed by atoms with van der Waals surface area (Å²) in [5.41, 5.74) is 0. The molecule has 1 aromatic heterocycles. The third kappa shape index (κ3) is 3.08. The summed E-state index contributed by atoms with van der Waals surface area (Å²) in [6.45, 7) is 0. The summed E-state index contributed by atoms with van der Waals surface area (Å²) in [6, 6.07) is 0. The number of aromatic nitrogens is 2. The van der Waals surface area contributed by atoms with Gasteiger partial charge in [0.15, 0.2) is 0 Å². The van der Waals surface area contributed by atoms with Gasteiger partial charge in [-0.05, 0) is 0 Å². The zero-order valence-corrected chi connectivity index (χ0v) is 5.99. The molecule has 62 valence electrons. The van der Waals surface area contributed by atoms with Crippen LogP contribution >= 0.6 is 0 Å². The van der Waals surface area contributed by atoms with Crippen LogP contribution in [0.25, 0.3) is 0 Å². The molecule has 7 heteroatoms. The second-order valence-electron chi connectivity index (χ2n) is 1.44. The fourth-order valence-electron chi connectivity index (χ4n) is 0.409. The van der Waals surface area contributed by atoms with Crippen molar-refractivity contribution in [3.05, 3.63) is 18.7 Å². The maximum Gasteiger partial charge on any atom is 0.489 e. The lowest BCUT2D eigenvalue weighted by Gasteiger charge is -2.03. The SMILES string of the molecule is FC(F)(F)n1ccnc1.N=S. The Labute approximate surface area is 65.8 Å². The van der Waals surface area contributed by atoms with Gasteiger partial charge >= 0.3 is 6.30 Å². The Bertz CT molecular complexity index is 195. The Morgan fingerprint density at radius 2 is 1.91 bits per heavy atom. The van der Waals surface area contributed by atoms with E-state index in [-0.39, 0.29) is 4.57 Å². The van der Waals surface area contributed by atoms with Gasteiger partial charge in [0, 0.05) is 24.8 Å². The average Bonchev–Trinajstić information content (AvgIpc) is 2.40. The lowest BCUT2D eigenvalue weighted by molar-refractivity contribution is -0.204. The summed E-state index contributed by atoms with van der Waals surface area (Å²) in [4.78, 5) is 3.23. The molecule has 1 aromatic rings. The number of halogens is 3. The van der Waals surface area contributed by atoms with Gasteiger partial charge in [0.2, 0.25) is 0 Å². The second kappa shape index (κ2) is 4.02. The van der Waals surface area contributed by atoms with Gasteiger partial charge in [0.05, 0.1) is 0 Å². The van der Waals surface area contributed by atoms with Crippen LogP contribution in [-0.2, 0) is 18.7 Å². The van der Waals surface area contributed by atoms with Gasteiger partial charge in [0.1, 0.15) is 6.33 Å². The zero-order valence-electron chi connectivity index (χ0n) is 5.17. The lowest BCUT2D eigenvalue weighted by atomic mass is 10.9. The van der Waals surface area contributed by atoms with E-state index in [0.717, 1.165) is 12.4 Å². The van der Waals surface area contributed by atoms with E-state index in [0.29, 0.717) is 6.33 Å². The van der Waals surface area contributed by atoms with E-state index in [1.807, 2.05) is 0 Å². The highest BCUT2D eigenvalue weighted by molar-refractivity contribution is 7.45. The minimum absolute atomic E-state index is 0.0764. The van der Waals surface area contributed by atoms with E-state index >= 15 is 0 Å². The molecule has 0 atom stereocenters. The normalized spacial score (nSPS) is 10.1. The average molecular weight is 183 g/mol. The molecule has 0 unspecified atom stereocenters. The molecule has 0 aromatic carbocycles. The van der Waals surface area contributed by atoms with Crippen molar-refractivity contribution in [2.24, 2.45) is 0 Å². The molecular weight excluding hydrogens is 179 g/mol. The van der Waals surface area contributed by atoms with E-state index in [9.17, 15) is 13.2 Å². The molecule has 1 heterocycles. The highest BCUT2D eigenvalue weighted by Gasteiger charge is 2.29. The largest absolute Gasteiger partial charge is 0.489 e. The standard InChI is InChI=1S/C4H3F3N2.HNS/c5-4(6,7)9-2-1-8-3-9;1-2/h1-3H;1H. The molecule has 0 aliphatic carbocycles. The molecule has 0 spiro atoms. The van der Waals surface area contributed by atoms with Gasteiger partial charge in [-0.1, -0.05) is 0 Å². The van der Waals surface area contributed by atoms with Crippen LogP contribution in [0, 0.1) is 4.78 Å². The van der Waals surface area contributed by atoms with Crippen LogP contribution in [0.4, 0.5) is 13.2 Å². The number of nitrogens with one attached hydrogen (secondary N) is 1. The third-order valence-corrected chi connectivity index (χ3v) is 0.797. The van der Waals surface area contributed by atoms with Crippen LogP contribution in [0.2, 0.25) is 0 Å². The Morgan fingerprint density at radius 3 is 2.09 bits per heavy atom. The van der Waals surface area contributed by atoms with E-state index in [4.69, 9.17) is 4.78 Å². The van der Waals surface area contributed by atoms with Crippen LogP contribution in [0.15, 0.2) is 18.7 Å². The fraction of sp³-hybridized carbons (Fsp3) is 0.250. The fourth-order valence-corrected chi connectivity index (χ4v) is 0.409. The molecule has 0 radical (unpaired) electrons. The molecule has 0 amide bonds. The highest BCUT2D eigenvalue weighted by atomic mass is 32.1. The molecule has 1 N–H and O–H groups in total. The van der Waals surface area contributed by atoms with Crippen molar-refractivity contribution in [3.8, 4) is 0 Å². The first-order valence-corrected chi connectivity index (χ1v) is 2.77. The molecule has 11 heavy (non-hydrogen) atoms. The summed E-state index contributed by atoms with van der Waals surface area (Å²) >= 11 is 3.33. The molecule has 0 fully saturated rings. The smallest absolute Gasteiger partial charge is 0.248 e. The summed E-state index contributed by atoms with van der Waals surface area (Å²) in [5, 5.41) is 0. The number of rotatable bonds is 0. The Morgan fingerprint density at radius 1 is 1.36 bits per heavy atom. The van der Waals surface area contributed by atoms with Gasteiger partial charge in [-0.15, -0.1) is 13.2 Å². The maximum atomic E-state index is 11.5. The first kappa shape index (κ1) is 10.0. The summed E-state index contributed by atoms with van der Waals surface area (Å²) in [7, 11) is 0. The summed E-state index contributed by atoms with van der Waals surface area (Å²) in [6.07, 6.45) is -1.69. The predicted octanol–water partition coefficient (Wildman–Crippen LogP) is 1.66. The minimum atomic E-state index is -4.32. The van der Waals surface area contributed by atoms with Crippen molar-refractivity contribution in [3.63, 3.8) is 0 Å². The number of hydrogen-bond acceptors (Lipinski definition) is 3. The molecule has 1 rings (SSSR count). The van der Waals surface area contributed by atoms with Crippen molar-refractivity contribution < 1.29 is 13.2 Å². The molecule has 0 aliphatic heterocycles. The Balaban J connectivity index is 0.000000461. The van der Waals surface area contributed by atoms with E-state index < -0.39 is 6.30 Å². The van der Waals surface area contributed by atoms with E-state index in [2.05, 4.69) is 17.4 Å². The predicted molar refractivity (Wildman–Crippen MR) is 33.6 cm³/mol. The van der Waals surface area contributed by atoms with Gasteiger partial charge in [-0.2, -0.15) is 0 Å². The lowest BCUT2D eigenvalue weighted by Crippen LogP contribution is -2.13. The number of imidazole rings is 1. The molecule has 3 nitrogen and oxygen atoms in total. The van der Waals surface area contributed by atoms with Crippen LogP contribution in [0.5, 0.6) is 0 Å². The quantitative estimate of drug-likeness (QED) is 0.664. The van der Waals surface area contributed by atoms with Gasteiger partial charge in [0.25, 0.3) is 0 Å². The van der Waals surface area contributed by atoms with Crippen molar-refractivity contribution in [2.45, 2.75) is 6.30 Å². The van der Waals surface area contributed by atoms with E-state index in [1.54, 1.807) is 0 Å². The van der Waals surface area contributed by atoms with Crippen molar-refractivity contribution in [1.82, 2.24) is 9.55 Å². The summed E-state index contributed by atoms with van der Waals surface area (Å²) < 4.78 is 40.0. The first-order valence-electron chi connectivity index (χ1n) is 2.36. The maximum absolute atomic E-state index is 11.5. The van der Waals surface area contributed by atoms with Crippen molar-refractivity contribution in [1.29, 1.82) is 4.78 Å². The monoisotopic (exact) mass is 183 g/mol. The van der Waals surface area contributed by atoms with Crippen molar-refractivity contribution in [2.75, 3.05) is 0 Å². The topological polar surface area (TPSA) is 41.7 Å². The van der Waals surface area contributed by atoms with Gasteiger partial charge < -0.3 is 0 Å².